The highest BCUT2D eigenvalue weighted by Gasteiger charge is 2.13. The van der Waals surface area contributed by atoms with Crippen LogP contribution in [0.25, 0.3) is 0 Å². The number of rotatable bonds is 8. The Morgan fingerprint density at radius 3 is 2.57 bits per heavy atom. The van der Waals surface area contributed by atoms with Gasteiger partial charge >= 0.3 is 0 Å². The zero-order chi connectivity index (χ0) is 11.0. The normalized spacial score (nSPS) is 13.1. The summed E-state index contributed by atoms with van der Waals surface area (Å²) in [6, 6.07) is 0. The van der Waals surface area contributed by atoms with Gasteiger partial charge in [-0.1, -0.05) is 6.92 Å². The Morgan fingerprint density at radius 2 is 2.14 bits per heavy atom. The predicted molar refractivity (Wildman–Crippen MR) is 55.7 cm³/mol. The van der Waals surface area contributed by atoms with Crippen LogP contribution in [0.4, 0.5) is 0 Å². The number of primary amides is 1. The van der Waals surface area contributed by atoms with Crippen molar-refractivity contribution < 1.29 is 9.53 Å². The minimum Gasteiger partial charge on any atom is -0.383 e. The number of nitrogens with zero attached hydrogens (tertiary/aromatic N) is 1. The Kier molecular flexibility index (Phi) is 7.37. The molecule has 5 heteroatoms. The number of nitrogens with two attached hydrogens (primary N) is 2. The highest BCUT2D eigenvalue weighted by atomic mass is 16.5. The third-order valence-corrected chi connectivity index (χ3v) is 2.07. The van der Waals surface area contributed by atoms with Crippen LogP contribution in [0.15, 0.2) is 0 Å². The number of methoxy groups -OCH3 is 1. The zero-order valence-corrected chi connectivity index (χ0v) is 9.03. The molecule has 84 valence electrons. The number of carbonyl (C=O) groups excluding carboxylic acids is 1. The number of hydrogen-bond donors (Lipinski definition) is 2. The van der Waals surface area contributed by atoms with Gasteiger partial charge in [0.15, 0.2) is 0 Å². The molecule has 0 aromatic carbocycles. The van der Waals surface area contributed by atoms with Gasteiger partial charge < -0.3 is 16.2 Å². The molecular formula is C9H21N3O2. The second-order valence-electron chi connectivity index (χ2n) is 3.39. The van der Waals surface area contributed by atoms with Crippen molar-refractivity contribution in [1.82, 2.24) is 4.90 Å². The summed E-state index contributed by atoms with van der Waals surface area (Å²) >= 11 is 0. The van der Waals surface area contributed by atoms with E-state index >= 15 is 0 Å². The maximum absolute atomic E-state index is 10.8. The lowest BCUT2D eigenvalue weighted by Gasteiger charge is -2.23. The molecule has 0 aliphatic heterocycles. The molecule has 0 fully saturated rings. The standard InChI is InChI=1S/C9H21N3O2/c1-8(9(11)13)7-12(4-3-10)5-6-14-2/h8H,3-7,10H2,1-2H3,(H2,11,13). The fourth-order valence-electron chi connectivity index (χ4n) is 1.17. The number of hydrogen-bond acceptors (Lipinski definition) is 4. The summed E-state index contributed by atoms with van der Waals surface area (Å²) in [5, 5.41) is 0. The molecule has 14 heavy (non-hydrogen) atoms. The molecule has 0 bridgehead atoms. The van der Waals surface area contributed by atoms with Gasteiger partial charge in [0.2, 0.25) is 5.91 Å². The summed E-state index contributed by atoms with van der Waals surface area (Å²) in [5.41, 5.74) is 10.6. The Labute approximate surface area is 85.4 Å². The summed E-state index contributed by atoms with van der Waals surface area (Å²) in [5.74, 6) is -0.414. The van der Waals surface area contributed by atoms with Gasteiger partial charge in [-0.05, 0) is 0 Å². The average Bonchev–Trinajstić information content (AvgIpc) is 2.14. The van der Waals surface area contributed by atoms with Crippen LogP contribution < -0.4 is 11.5 Å². The lowest BCUT2D eigenvalue weighted by atomic mass is 10.1. The van der Waals surface area contributed by atoms with Crippen LogP contribution in [0.5, 0.6) is 0 Å². The van der Waals surface area contributed by atoms with E-state index in [1.165, 1.54) is 0 Å². The lowest BCUT2D eigenvalue weighted by molar-refractivity contribution is -0.121. The minimum absolute atomic E-state index is 0.140. The van der Waals surface area contributed by atoms with Gasteiger partial charge in [-0.25, -0.2) is 0 Å². The average molecular weight is 203 g/mol. The smallest absolute Gasteiger partial charge is 0.221 e. The molecule has 0 aliphatic rings. The van der Waals surface area contributed by atoms with Crippen LogP contribution in [0.2, 0.25) is 0 Å². The summed E-state index contributed by atoms with van der Waals surface area (Å²) < 4.78 is 4.96. The van der Waals surface area contributed by atoms with E-state index in [2.05, 4.69) is 4.90 Å². The van der Waals surface area contributed by atoms with Crippen molar-refractivity contribution >= 4 is 5.91 Å². The van der Waals surface area contributed by atoms with Crippen LogP contribution in [0.3, 0.4) is 0 Å². The number of ether oxygens (including phenoxy) is 1. The zero-order valence-electron chi connectivity index (χ0n) is 9.03. The van der Waals surface area contributed by atoms with Gasteiger partial charge in [0.25, 0.3) is 0 Å². The monoisotopic (exact) mass is 203 g/mol. The third kappa shape index (κ3) is 5.90. The Balaban J connectivity index is 3.87. The van der Waals surface area contributed by atoms with Crippen LogP contribution in [0.1, 0.15) is 6.92 Å². The Bertz CT molecular complexity index is 164. The van der Waals surface area contributed by atoms with Gasteiger partial charge in [0.1, 0.15) is 0 Å². The van der Waals surface area contributed by atoms with E-state index in [9.17, 15) is 4.79 Å². The van der Waals surface area contributed by atoms with Gasteiger partial charge in [0.05, 0.1) is 6.61 Å². The fourth-order valence-corrected chi connectivity index (χ4v) is 1.17. The van der Waals surface area contributed by atoms with E-state index < -0.39 is 0 Å². The fraction of sp³-hybridized carbons (Fsp3) is 0.889. The van der Waals surface area contributed by atoms with E-state index in [1.807, 2.05) is 6.92 Å². The van der Waals surface area contributed by atoms with Crippen molar-refractivity contribution in [3.8, 4) is 0 Å². The first-order chi connectivity index (χ1) is 6.61. The second-order valence-corrected chi connectivity index (χ2v) is 3.39. The molecule has 1 atom stereocenters. The topological polar surface area (TPSA) is 81.6 Å². The predicted octanol–water partition coefficient (Wildman–Crippen LogP) is -0.985. The summed E-state index contributed by atoms with van der Waals surface area (Å²) in [4.78, 5) is 12.9. The highest BCUT2D eigenvalue weighted by molar-refractivity contribution is 5.76. The van der Waals surface area contributed by atoms with E-state index in [0.717, 1.165) is 13.1 Å². The lowest BCUT2D eigenvalue weighted by Crippen LogP contribution is -2.39. The molecule has 0 aromatic rings. The van der Waals surface area contributed by atoms with Gasteiger partial charge in [0, 0.05) is 39.2 Å². The molecule has 0 rings (SSSR count). The molecule has 1 amide bonds. The maximum atomic E-state index is 10.8. The van der Waals surface area contributed by atoms with Crippen molar-refractivity contribution in [2.75, 3.05) is 39.9 Å². The number of amides is 1. The number of carbonyl (C=O) groups is 1. The molecular weight excluding hydrogens is 182 g/mol. The van der Waals surface area contributed by atoms with Crippen LogP contribution in [0, 0.1) is 5.92 Å². The SMILES string of the molecule is COCCN(CCN)CC(C)C(N)=O. The molecule has 0 aromatic heterocycles. The second kappa shape index (κ2) is 7.73. The molecule has 0 saturated heterocycles. The molecule has 1 unspecified atom stereocenters. The van der Waals surface area contributed by atoms with Crippen molar-refractivity contribution in [2.45, 2.75) is 6.92 Å². The molecule has 0 radical (unpaired) electrons. The molecule has 5 nitrogen and oxygen atoms in total. The molecule has 4 N–H and O–H groups in total. The summed E-state index contributed by atoms with van der Waals surface area (Å²) in [6.45, 7) is 5.24. The van der Waals surface area contributed by atoms with Gasteiger partial charge in [-0.15, -0.1) is 0 Å². The Hall–Kier alpha value is -0.650. The first kappa shape index (κ1) is 13.4. The van der Waals surface area contributed by atoms with E-state index in [0.29, 0.717) is 19.7 Å². The van der Waals surface area contributed by atoms with Gasteiger partial charge in [-0.2, -0.15) is 0 Å². The minimum atomic E-state index is -0.274. The summed E-state index contributed by atoms with van der Waals surface area (Å²) in [7, 11) is 1.65. The highest BCUT2D eigenvalue weighted by Crippen LogP contribution is 1.98. The van der Waals surface area contributed by atoms with Crippen molar-refractivity contribution in [3.05, 3.63) is 0 Å². The van der Waals surface area contributed by atoms with E-state index in [4.69, 9.17) is 16.2 Å². The van der Waals surface area contributed by atoms with E-state index in [1.54, 1.807) is 7.11 Å². The van der Waals surface area contributed by atoms with Crippen molar-refractivity contribution in [2.24, 2.45) is 17.4 Å². The first-order valence-corrected chi connectivity index (χ1v) is 4.82. The molecule has 0 saturated carbocycles. The first-order valence-electron chi connectivity index (χ1n) is 4.82. The van der Waals surface area contributed by atoms with Crippen LogP contribution in [-0.2, 0) is 9.53 Å². The Morgan fingerprint density at radius 1 is 1.50 bits per heavy atom. The quantitative estimate of drug-likeness (QED) is 0.531. The van der Waals surface area contributed by atoms with Crippen molar-refractivity contribution in [1.29, 1.82) is 0 Å². The van der Waals surface area contributed by atoms with Crippen LogP contribution in [-0.4, -0.2) is 50.7 Å². The molecule has 0 heterocycles. The van der Waals surface area contributed by atoms with E-state index in [-0.39, 0.29) is 11.8 Å². The summed E-state index contributed by atoms with van der Waals surface area (Å²) in [6.07, 6.45) is 0. The maximum Gasteiger partial charge on any atom is 0.221 e. The molecule has 0 aliphatic carbocycles. The van der Waals surface area contributed by atoms with Crippen molar-refractivity contribution in [3.63, 3.8) is 0 Å². The van der Waals surface area contributed by atoms with Crippen LogP contribution >= 0.6 is 0 Å². The third-order valence-electron chi connectivity index (χ3n) is 2.07. The van der Waals surface area contributed by atoms with Gasteiger partial charge in [-0.3, -0.25) is 9.69 Å². The largest absolute Gasteiger partial charge is 0.383 e. The molecule has 0 spiro atoms.